The second-order valence-electron chi connectivity index (χ2n) is 5.52. The molecular formula is C15H19BrClNO3. The summed E-state index contributed by atoms with van der Waals surface area (Å²) in [6.07, 6.45) is 1.32. The van der Waals surface area contributed by atoms with Gasteiger partial charge in [0, 0.05) is 22.5 Å². The molecule has 0 fully saturated rings. The molecule has 4 nitrogen and oxygen atoms in total. The highest BCUT2D eigenvalue weighted by atomic mass is 79.9. The maximum atomic E-state index is 11.8. The maximum Gasteiger partial charge on any atom is 0.309 e. The number of carboxylic acid groups (broad SMARTS) is 1. The number of carbonyl (C=O) groups excluding carboxylic acids is 1. The summed E-state index contributed by atoms with van der Waals surface area (Å²) in [5, 5.41) is 12.4. The number of hydrogen-bond acceptors (Lipinski definition) is 2. The van der Waals surface area contributed by atoms with Crippen molar-refractivity contribution in [1.29, 1.82) is 0 Å². The summed E-state index contributed by atoms with van der Waals surface area (Å²) < 4.78 is 0.923. The molecule has 0 bridgehead atoms. The number of halogens is 2. The Morgan fingerprint density at radius 3 is 2.67 bits per heavy atom. The second kappa shape index (κ2) is 7.80. The number of carboxylic acids is 1. The molecule has 0 spiro atoms. The molecule has 0 unspecified atom stereocenters. The third-order valence-electron chi connectivity index (χ3n) is 3.28. The highest BCUT2D eigenvalue weighted by molar-refractivity contribution is 9.10. The molecule has 0 aliphatic rings. The zero-order valence-electron chi connectivity index (χ0n) is 12.1. The Labute approximate surface area is 138 Å². The van der Waals surface area contributed by atoms with Crippen LogP contribution in [-0.4, -0.2) is 23.5 Å². The van der Waals surface area contributed by atoms with E-state index in [2.05, 4.69) is 21.2 Å². The van der Waals surface area contributed by atoms with Crippen LogP contribution in [0, 0.1) is 5.41 Å². The Hall–Kier alpha value is -1.07. The van der Waals surface area contributed by atoms with Gasteiger partial charge in [-0.15, -0.1) is 0 Å². The summed E-state index contributed by atoms with van der Waals surface area (Å²) in [5.74, 6) is -0.956. The first-order chi connectivity index (χ1) is 9.72. The summed E-state index contributed by atoms with van der Waals surface area (Å²) in [7, 11) is 0. The van der Waals surface area contributed by atoms with E-state index < -0.39 is 11.4 Å². The van der Waals surface area contributed by atoms with Crippen molar-refractivity contribution >= 4 is 39.4 Å². The third-order valence-corrected chi connectivity index (χ3v) is 4.29. The summed E-state index contributed by atoms with van der Waals surface area (Å²) in [6, 6.07) is 5.46. The van der Waals surface area contributed by atoms with Crippen LogP contribution in [0.15, 0.2) is 22.7 Å². The fourth-order valence-electron chi connectivity index (χ4n) is 1.69. The van der Waals surface area contributed by atoms with Gasteiger partial charge in [-0.1, -0.05) is 27.5 Å². The minimum absolute atomic E-state index is 0.0944. The highest BCUT2D eigenvalue weighted by Gasteiger charge is 2.26. The van der Waals surface area contributed by atoms with Crippen LogP contribution in [0.25, 0.3) is 0 Å². The van der Waals surface area contributed by atoms with E-state index >= 15 is 0 Å². The number of carbonyl (C=O) groups is 2. The van der Waals surface area contributed by atoms with Gasteiger partial charge < -0.3 is 10.4 Å². The first-order valence-electron chi connectivity index (χ1n) is 6.66. The van der Waals surface area contributed by atoms with Crippen LogP contribution in [0.3, 0.4) is 0 Å². The molecule has 0 atom stereocenters. The Balaban J connectivity index is 2.38. The molecule has 0 saturated carbocycles. The Kier molecular flexibility index (Phi) is 6.68. The minimum atomic E-state index is -0.861. The number of amides is 1. The lowest BCUT2D eigenvalue weighted by molar-refractivity contribution is -0.147. The van der Waals surface area contributed by atoms with E-state index in [0.717, 1.165) is 10.0 Å². The zero-order valence-corrected chi connectivity index (χ0v) is 14.4. The molecule has 0 aliphatic carbocycles. The van der Waals surface area contributed by atoms with Crippen LogP contribution in [0.1, 0.15) is 32.3 Å². The zero-order chi connectivity index (χ0) is 16.0. The van der Waals surface area contributed by atoms with Gasteiger partial charge in [0.05, 0.1) is 5.41 Å². The molecule has 0 radical (unpaired) electrons. The summed E-state index contributed by atoms with van der Waals surface area (Å²) >= 11 is 9.34. The largest absolute Gasteiger partial charge is 0.481 e. The monoisotopic (exact) mass is 375 g/mol. The molecule has 116 valence electrons. The van der Waals surface area contributed by atoms with E-state index in [1.54, 1.807) is 19.9 Å². The first-order valence-corrected chi connectivity index (χ1v) is 7.83. The molecule has 1 rings (SSSR count). The van der Waals surface area contributed by atoms with Gasteiger partial charge in [0.25, 0.3) is 0 Å². The number of hydrogen-bond donors (Lipinski definition) is 2. The Bertz CT molecular complexity index is 532. The van der Waals surface area contributed by atoms with Crippen molar-refractivity contribution in [2.75, 3.05) is 6.54 Å². The second-order valence-corrected chi connectivity index (χ2v) is 6.82. The topological polar surface area (TPSA) is 66.4 Å². The van der Waals surface area contributed by atoms with Gasteiger partial charge >= 0.3 is 5.97 Å². The van der Waals surface area contributed by atoms with Crippen LogP contribution in [0.4, 0.5) is 0 Å². The van der Waals surface area contributed by atoms with Crippen LogP contribution >= 0.6 is 27.5 Å². The smallest absolute Gasteiger partial charge is 0.309 e. The quantitative estimate of drug-likeness (QED) is 0.763. The molecule has 2 N–H and O–H groups in total. The van der Waals surface area contributed by atoms with E-state index in [-0.39, 0.29) is 5.91 Å². The molecule has 1 amide bonds. The van der Waals surface area contributed by atoms with Crippen LogP contribution in [0.2, 0.25) is 5.02 Å². The van der Waals surface area contributed by atoms with E-state index in [9.17, 15) is 9.59 Å². The Morgan fingerprint density at radius 2 is 2.05 bits per heavy atom. The van der Waals surface area contributed by atoms with E-state index in [0.29, 0.717) is 30.8 Å². The predicted molar refractivity (Wildman–Crippen MR) is 86.5 cm³/mol. The lowest BCUT2D eigenvalue weighted by Crippen LogP contribution is -2.32. The fraction of sp³-hybridized carbons (Fsp3) is 0.467. The minimum Gasteiger partial charge on any atom is -0.481 e. The normalized spacial score (nSPS) is 11.2. The van der Waals surface area contributed by atoms with Gasteiger partial charge in [0.15, 0.2) is 0 Å². The predicted octanol–water partition coefficient (Wildman–Crippen LogP) is 3.65. The molecule has 0 saturated heterocycles. The summed E-state index contributed by atoms with van der Waals surface area (Å²) in [5.41, 5.74) is 0.145. The molecule has 21 heavy (non-hydrogen) atoms. The van der Waals surface area contributed by atoms with Crippen LogP contribution in [0.5, 0.6) is 0 Å². The average molecular weight is 377 g/mol. The Morgan fingerprint density at radius 1 is 1.38 bits per heavy atom. The van der Waals surface area contributed by atoms with Gasteiger partial charge in [0.2, 0.25) is 5.91 Å². The molecule has 6 heteroatoms. The number of aryl methyl sites for hydroxylation is 1. The van der Waals surface area contributed by atoms with Crippen molar-refractivity contribution < 1.29 is 14.7 Å². The summed E-state index contributed by atoms with van der Waals surface area (Å²) in [4.78, 5) is 22.7. The number of benzene rings is 1. The third kappa shape index (κ3) is 6.06. The average Bonchev–Trinajstić information content (AvgIpc) is 2.39. The van der Waals surface area contributed by atoms with Gasteiger partial charge in [-0.25, -0.2) is 0 Å². The van der Waals surface area contributed by atoms with Crippen molar-refractivity contribution in [2.24, 2.45) is 5.41 Å². The lowest BCUT2D eigenvalue weighted by atomic mass is 9.90. The maximum absolute atomic E-state index is 11.8. The molecule has 1 aromatic rings. The molecular weight excluding hydrogens is 358 g/mol. The van der Waals surface area contributed by atoms with Crippen LogP contribution < -0.4 is 5.32 Å². The SMILES string of the molecule is CC(C)(CCNC(=O)CCc1cc(Cl)ccc1Br)C(=O)O. The van der Waals surface area contributed by atoms with Crippen molar-refractivity contribution in [3.05, 3.63) is 33.3 Å². The molecule has 0 aromatic heterocycles. The summed E-state index contributed by atoms with van der Waals surface area (Å²) in [6.45, 7) is 3.64. The van der Waals surface area contributed by atoms with Gasteiger partial charge in [0.1, 0.15) is 0 Å². The van der Waals surface area contributed by atoms with Gasteiger partial charge in [-0.3, -0.25) is 9.59 Å². The van der Waals surface area contributed by atoms with Crippen molar-refractivity contribution in [1.82, 2.24) is 5.32 Å². The van der Waals surface area contributed by atoms with Gasteiger partial charge in [-0.2, -0.15) is 0 Å². The van der Waals surface area contributed by atoms with Crippen molar-refractivity contribution in [2.45, 2.75) is 33.1 Å². The number of aliphatic carboxylic acids is 1. The molecule has 1 aromatic carbocycles. The lowest BCUT2D eigenvalue weighted by Gasteiger charge is -2.18. The standard InChI is InChI=1S/C15H19BrClNO3/c1-15(2,14(20)21)7-8-18-13(19)6-3-10-9-11(17)4-5-12(10)16/h4-5,9H,3,6-8H2,1-2H3,(H,18,19)(H,20,21). The van der Waals surface area contributed by atoms with E-state index in [1.807, 2.05) is 12.1 Å². The van der Waals surface area contributed by atoms with Crippen molar-refractivity contribution in [3.8, 4) is 0 Å². The number of nitrogens with one attached hydrogen (secondary N) is 1. The number of rotatable bonds is 7. The van der Waals surface area contributed by atoms with E-state index in [1.165, 1.54) is 0 Å². The first kappa shape index (κ1) is 18.0. The van der Waals surface area contributed by atoms with Gasteiger partial charge in [-0.05, 0) is 50.5 Å². The fourth-order valence-corrected chi connectivity index (χ4v) is 2.33. The van der Waals surface area contributed by atoms with Crippen molar-refractivity contribution in [3.63, 3.8) is 0 Å². The molecule has 0 heterocycles. The highest BCUT2D eigenvalue weighted by Crippen LogP contribution is 2.22. The van der Waals surface area contributed by atoms with Crippen LogP contribution in [-0.2, 0) is 16.0 Å². The molecule has 0 aliphatic heterocycles. The van der Waals surface area contributed by atoms with E-state index in [4.69, 9.17) is 16.7 Å².